The Morgan fingerprint density at radius 3 is 2.15 bits per heavy atom. The van der Waals surface area contributed by atoms with E-state index in [0.717, 1.165) is 22.5 Å². The molecule has 2 rings (SSSR count). The lowest BCUT2D eigenvalue weighted by Gasteiger charge is -2.23. The third kappa shape index (κ3) is 4.94. The molecule has 0 radical (unpaired) electrons. The molecule has 0 heterocycles. The molecule has 0 aliphatic heterocycles. The average molecular weight is 352 g/mol. The highest BCUT2D eigenvalue weighted by Crippen LogP contribution is 2.24. The lowest BCUT2D eigenvalue weighted by molar-refractivity contribution is -0.120. The van der Waals surface area contributed by atoms with Gasteiger partial charge in [-0.3, -0.25) is 9.59 Å². The van der Waals surface area contributed by atoms with Crippen LogP contribution in [0.4, 0.5) is 11.4 Å². The van der Waals surface area contributed by atoms with Crippen molar-refractivity contribution in [3.63, 3.8) is 0 Å². The van der Waals surface area contributed by atoms with Crippen LogP contribution in [-0.4, -0.2) is 18.4 Å². The highest BCUT2D eigenvalue weighted by atomic mass is 16.2. The molecule has 0 spiro atoms. The van der Waals surface area contributed by atoms with Gasteiger partial charge in [-0.25, -0.2) is 0 Å². The van der Waals surface area contributed by atoms with E-state index in [1.165, 1.54) is 17.4 Å². The second kappa shape index (κ2) is 7.73. The summed E-state index contributed by atoms with van der Waals surface area (Å²) in [7, 11) is 0. The molecule has 2 aromatic rings. The molecule has 2 aromatic carbocycles. The van der Waals surface area contributed by atoms with Gasteiger partial charge in [-0.05, 0) is 54.2 Å². The Morgan fingerprint density at radius 2 is 1.62 bits per heavy atom. The van der Waals surface area contributed by atoms with Crippen molar-refractivity contribution in [3.8, 4) is 0 Å². The lowest BCUT2D eigenvalue weighted by atomic mass is 9.87. The van der Waals surface area contributed by atoms with Gasteiger partial charge >= 0.3 is 0 Å². The number of hydrogen-bond acceptors (Lipinski definition) is 2. The summed E-state index contributed by atoms with van der Waals surface area (Å²) in [4.78, 5) is 26.1. The van der Waals surface area contributed by atoms with Gasteiger partial charge in [-0.1, -0.05) is 45.0 Å². The van der Waals surface area contributed by atoms with E-state index in [-0.39, 0.29) is 23.8 Å². The maximum Gasteiger partial charge on any atom is 0.244 e. The summed E-state index contributed by atoms with van der Waals surface area (Å²) < 4.78 is 0. The molecule has 2 amide bonds. The summed E-state index contributed by atoms with van der Waals surface area (Å²) in [5.74, 6) is -0.374. The zero-order chi connectivity index (χ0) is 19.5. The molecule has 0 aliphatic carbocycles. The molecule has 4 nitrogen and oxygen atoms in total. The molecule has 0 unspecified atom stereocenters. The molecule has 0 fully saturated rings. The van der Waals surface area contributed by atoms with Crippen LogP contribution in [0.15, 0.2) is 42.5 Å². The predicted molar refractivity (Wildman–Crippen MR) is 108 cm³/mol. The van der Waals surface area contributed by atoms with Crippen molar-refractivity contribution in [2.24, 2.45) is 0 Å². The third-order valence-electron chi connectivity index (χ3n) is 4.37. The Balaban J connectivity index is 2.13. The fourth-order valence-corrected chi connectivity index (χ4v) is 2.77. The van der Waals surface area contributed by atoms with Gasteiger partial charge in [-0.2, -0.15) is 0 Å². The number of carbonyl (C=O) groups is 2. The molecule has 0 aromatic heterocycles. The molecular formula is C22H28N2O2. The van der Waals surface area contributed by atoms with Crippen LogP contribution in [0.25, 0.3) is 0 Å². The predicted octanol–water partition coefficient (Wildman–Crippen LogP) is 4.59. The number of anilines is 2. The van der Waals surface area contributed by atoms with Crippen molar-refractivity contribution in [1.29, 1.82) is 0 Å². The largest absolute Gasteiger partial charge is 0.325 e. The molecule has 4 heteroatoms. The van der Waals surface area contributed by atoms with Crippen molar-refractivity contribution in [2.75, 3.05) is 16.8 Å². The van der Waals surface area contributed by atoms with Crippen molar-refractivity contribution in [1.82, 2.24) is 0 Å². The summed E-state index contributed by atoms with van der Waals surface area (Å²) >= 11 is 0. The third-order valence-corrected chi connectivity index (χ3v) is 4.37. The van der Waals surface area contributed by atoms with E-state index >= 15 is 0 Å². The number of rotatable bonds is 4. The molecule has 0 atom stereocenters. The average Bonchev–Trinajstić information content (AvgIpc) is 2.54. The Morgan fingerprint density at radius 1 is 1.00 bits per heavy atom. The van der Waals surface area contributed by atoms with E-state index in [0.29, 0.717) is 0 Å². The smallest absolute Gasteiger partial charge is 0.244 e. The standard InChI is InChI=1S/C22H28N2O2/c1-15-7-8-16(2)20(13-15)24(17(3)25)14-21(26)23-19-11-9-18(10-12-19)22(4,5)6/h7-13H,14H2,1-6H3,(H,23,26). The lowest BCUT2D eigenvalue weighted by Crippen LogP contribution is -2.37. The Hall–Kier alpha value is -2.62. The number of nitrogens with zero attached hydrogens (tertiary/aromatic N) is 1. The molecule has 26 heavy (non-hydrogen) atoms. The fraction of sp³-hybridized carbons (Fsp3) is 0.364. The van der Waals surface area contributed by atoms with Crippen LogP contribution in [0.1, 0.15) is 44.4 Å². The van der Waals surface area contributed by atoms with Crippen molar-refractivity contribution in [2.45, 2.75) is 47.0 Å². The van der Waals surface area contributed by atoms with E-state index in [4.69, 9.17) is 0 Å². The van der Waals surface area contributed by atoms with E-state index in [2.05, 4.69) is 26.1 Å². The van der Waals surface area contributed by atoms with Gasteiger partial charge in [0.25, 0.3) is 0 Å². The Bertz CT molecular complexity index is 802. The second-order valence-corrected chi connectivity index (χ2v) is 7.77. The second-order valence-electron chi connectivity index (χ2n) is 7.77. The first-order valence-electron chi connectivity index (χ1n) is 8.83. The van der Waals surface area contributed by atoms with E-state index < -0.39 is 0 Å². The van der Waals surface area contributed by atoms with Gasteiger partial charge in [0.15, 0.2) is 0 Å². The molecule has 0 aliphatic rings. The number of hydrogen-bond donors (Lipinski definition) is 1. The van der Waals surface area contributed by atoms with Gasteiger partial charge in [-0.15, -0.1) is 0 Å². The quantitative estimate of drug-likeness (QED) is 0.875. The highest BCUT2D eigenvalue weighted by molar-refractivity contribution is 6.02. The van der Waals surface area contributed by atoms with Crippen molar-refractivity contribution >= 4 is 23.2 Å². The topological polar surface area (TPSA) is 49.4 Å². The maximum atomic E-state index is 12.5. The summed E-state index contributed by atoms with van der Waals surface area (Å²) in [6.45, 7) is 11.8. The SMILES string of the molecule is CC(=O)N(CC(=O)Nc1ccc(C(C)(C)C)cc1)c1cc(C)ccc1C. The van der Waals surface area contributed by atoms with E-state index in [1.54, 1.807) is 0 Å². The number of carbonyl (C=O) groups excluding carboxylic acids is 2. The zero-order valence-corrected chi connectivity index (χ0v) is 16.5. The van der Waals surface area contributed by atoms with E-state index in [1.807, 2.05) is 56.3 Å². The van der Waals surface area contributed by atoms with Gasteiger partial charge in [0, 0.05) is 18.3 Å². The number of benzene rings is 2. The Labute approximate surface area is 156 Å². The normalized spacial score (nSPS) is 11.2. The molecule has 0 saturated heterocycles. The Kier molecular flexibility index (Phi) is 5.86. The van der Waals surface area contributed by atoms with Crippen LogP contribution < -0.4 is 10.2 Å². The molecule has 138 valence electrons. The first-order chi connectivity index (χ1) is 12.1. The molecule has 0 saturated carbocycles. The fourth-order valence-electron chi connectivity index (χ4n) is 2.77. The minimum absolute atomic E-state index is 0.0132. The monoisotopic (exact) mass is 352 g/mol. The first-order valence-corrected chi connectivity index (χ1v) is 8.83. The van der Waals surface area contributed by atoms with Crippen LogP contribution in [0.2, 0.25) is 0 Å². The minimum atomic E-state index is -0.218. The summed E-state index contributed by atoms with van der Waals surface area (Å²) in [5.41, 5.74) is 4.79. The number of nitrogens with one attached hydrogen (secondary N) is 1. The van der Waals surface area contributed by atoms with Crippen LogP contribution in [0.3, 0.4) is 0 Å². The van der Waals surface area contributed by atoms with E-state index in [9.17, 15) is 9.59 Å². The van der Waals surface area contributed by atoms with Crippen molar-refractivity contribution < 1.29 is 9.59 Å². The van der Waals surface area contributed by atoms with Gasteiger partial charge in [0.1, 0.15) is 6.54 Å². The van der Waals surface area contributed by atoms with Crippen LogP contribution in [0, 0.1) is 13.8 Å². The zero-order valence-electron chi connectivity index (χ0n) is 16.5. The summed E-state index contributed by atoms with van der Waals surface area (Å²) in [6, 6.07) is 13.7. The van der Waals surface area contributed by atoms with Gasteiger partial charge in [0.2, 0.25) is 11.8 Å². The van der Waals surface area contributed by atoms with Crippen LogP contribution in [0.5, 0.6) is 0 Å². The maximum absolute atomic E-state index is 12.5. The highest BCUT2D eigenvalue weighted by Gasteiger charge is 2.18. The summed E-state index contributed by atoms with van der Waals surface area (Å²) in [6.07, 6.45) is 0. The first kappa shape index (κ1) is 19.7. The van der Waals surface area contributed by atoms with Crippen molar-refractivity contribution in [3.05, 3.63) is 59.2 Å². The van der Waals surface area contributed by atoms with Crippen LogP contribution in [-0.2, 0) is 15.0 Å². The molecule has 0 bridgehead atoms. The van der Waals surface area contributed by atoms with Gasteiger partial charge < -0.3 is 10.2 Å². The van der Waals surface area contributed by atoms with Crippen LogP contribution >= 0.6 is 0 Å². The van der Waals surface area contributed by atoms with Gasteiger partial charge in [0.05, 0.1) is 0 Å². The summed E-state index contributed by atoms with van der Waals surface area (Å²) in [5, 5.41) is 2.88. The number of amides is 2. The number of aryl methyl sites for hydroxylation is 2. The molecular weight excluding hydrogens is 324 g/mol. The minimum Gasteiger partial charge on any atom is -0.325 e. The molecule has 1 N–H and O–H groups in total.